The zero-order valence-corrected chi connectivity index (χ0v) is 21.2. The molecule has 0 saturated carbocycles. The third-order valence-electron chi connectivity index (χ3n) is 3.69. The molecule has 0 atom stereocenters. The van der Waals surface area contributed by atoms with Crippen LogP contribution in [0.15, 0.2) is 0 Å². The molecule has 28 heteroatoms. The Balaban J connectivity index is -0.000000568. The van der Waals surface area contributed by atoms with E-state index in [4.69, 9.17) is 0 Å². The van der Waals surface area contributed by atoms with E-state index in [2.05, 4.69) is 11.8 Å². The van der Waals surface area contributed by atoms with Gasteiger partial charge in [-0.05, 0) is 24.3 Å². The van der Waals surface area contributed by atoms with E-state index in [0.29, 0.717) is 0 Å². The summed E-state index contributed by atoms with van der Waals surface area (Å²) in [6.07, 6.45) is -11.4. The first-order valence-electron chi connectivity index (χ1n) is 8.39. The van der Waals surface area contributed by atoms with Crippen LogP contribution in [0.5, 0.6) is 0 Å². The first-order chi connectivity index (χ1) is 16.5. The average Bonchev–Trinajstić information content (AvgIpc) is 3.24. The Kier molecular flexibility index (Phi) is 14.2. The van der Waals surface area contributed by atoms with E-state index >= 15 is 0 Å². The SMILES string of the molecule is C1CCSC1.O=S(=O)([O-])C(F)(F)C(F)(F)C(F)(F)C(F)(F)F.O=S(=O)([O-])C(F)(F)C(F)(F)C(F)(F)C(F)(F)F.[Fe+2]. The topological polar surface area (TPSA) is 114 Å². The van der Waals surface area contributed by atoms with Gasteiger partial charge in [-0.15, -0.1) is 0 Å². The zero-order chi connectivity index (χ0) is 32.5. The van der Waals surface area contributed by atoms with E-state index in [0.717, 1.165) is 0 Å². The monoisotopic (exact) mass is 742 g/mol. The summed E-state index contributed by atoms with van der Waals surface area (Å²) in [6.45, 7) is 0. The van der Waals surface area contributed by atoms with Crippen LogP contribution in [0.4, 0.5) is 79.0 Å². The molecule has 1 heterocycles. The molecule has 1 rings (SSSR count). The second-order valence-electron chi connectivity index (χ2n) is 6.55. The summed E-state index contributed by atoms with van der Waals surface area (Å²) < 4.78 is 271. The van der Waals surface area contributed by atoms with Gasteiger partial charge in [0.05, 0.1) is 0 Å². The van der Waals surface area contributed by atoms with Gasteiger partial charge in [0.2, 0.25) is 0 Å². The normalized spacial score (nSPS) is 16.7. The molecule has 0 aliphatic carbocycles. The van der Waals surface area contributed by atoms with Crippen LogP contribution in [0, 0.1) is 0 Å². The molecule has 0 spiro atoms. The minimum absolute atomic E-state index is 0. The molecule has 0 unspecified atom stereocenters. The van der Waals surface area contributed by atoms with Gasteiger partial charge >= 0.3 is 63.6 Å². The second kappa shape index (κ2) is 13.0. The Hall–Kier alpha value is -0.571. The average molecular weight is 742 g/mol. The van der Waals surface area contributed by atoms with Gasteiger partial charge in [0, 0.05) is 0 Å². The number of halogens is 18. The summed E-state index contributed by atoms with van der Waals surface area (Å²) in [5, 5.41) is -14.2. The van der Waals surface area contributed by atoms with Gasteiger partial charge < -0.3 is 9.11 Å². The molecular weight excluding hydrogens is 734 g/mol. The fraction of sp³-hybridized carbons (Fsp3) is 1.00. The molecule has 0 radical (unpaired) electrons. The van der Waals surface area contributed by atoms with Crippen molar-refractivity contribution in [3.05, 3.63) is 0 Å². The van der Waals surface area contributed by atoms with Crippen LogP contribution in [-0.2, 0) is 37.3 Å². The van der Waals surface area contributed by atoms with E-state index in [1.807, 2.05) is 0 Å². The largest absolute Gasteiger partial charge is 2.00 e. The van der Waals surface area contributed by atoms with Crippen molar-refractivity contribution in [1.29, 1.82) is 0 Å². The van der Waals surface area contributed by atoms with Crippen LogP contribution in [0.1, 0.15) is 12.8 Å². The number of alkyl halides is 18. The van der Waals surface area contributed by atoms with Crippen LogP contribution in [-0.4, -0.2) is 84.0 Å². The van der Waals surface area contributed by atoms with Gasteiger partial charge in [-0.2, -0.15) is 90.8 Å². The molecular formula is C12H8F18FeO6S3. The predicted octanol–water partition coefficient (Wildman–Crippen LogP) is 5.43. The molecule has 1 aliphatic rings. The standard InChI is InChI=1S/2C4HF9O3S.C4H8S.Fe/c2*5-1(6,3(9,10)11)2(7,8)4(12,13)17(14,15)16;1-2-4-5-3-1;/h2*(H,14,15,16);1-4H2;/q;;;+2/p-2. The molecule has 0 aromatic rings. The first-order valence-corrected chi connectivity index (χ1v) is 12.4. The summed E-state index contributed by atoms with van der Waals surface area (Å²) in [5.74, 6) is -26.8. The summed E-state index contributed by atoms with van der Waals surface area (Å²) >= 11 is 2.07. The van der Waals surface area contributed by atoms with E-state index in [1.54, 1.807) is 0 Å². The van der Waals surface area contributed by atoms with Crippen molar-refractivity contribution in [3.8, 4) is 0 Å². The fourth-order valence-electron chi connectivity index (χ4n) is 1.55. The van der Waals surface area contributed by atoms with Gasteiger partial charge in [-0.25, -0.2) is 16.8 Å². The van der Waals surface area contributed by atoms with Gasteiger partial charge in [0.25, 0.3) is 0 Å². The van der Waals surface area contributed by atoms with Crippen LogP contribution in [0.25, 0.3) is 0 Å². The quantitative estimate of drug-likeness (QED) is 0.203. The van der Waals surface area contributed by atoms with Crippen molar-refractivity contribution < 1.29 is 122 Å². The van der Waals surface area contributed by atoms with Crippen LogP contribution < -0.4 is 0 Å². The molecule has 1 saturated heterocycles. The Morgan fingerprint density at radius 1 is 0.450 bits per heavy atom. The molecule has 0 N–H and O–H groups in total. The summed E-state index contributed by atoms with van der Waals surface area (Å²) in [5.41, 5.74) is 0. The Labute approximate surface area is 225 Å². The van der Waals surface area contributed by atoms with Crippen LogP contribution >= 0.6 is 11.8 Å². The zero-order valence-electron chi connectivity index (χ0n) is 17.7. The Bertz CT molecular complexity index is 948. The second-order valence-corrected chi connectivity index (χ2v) is 10.6. The smallest absolute Gasteiger partial charge is 0.743 e. The minimum Gasteiger partial charge on any atom is -0.743 e. The number of rotatable bonds is 6. The third-order valence-corrected chi connectivity index (χ3v) is 6.61. The molecule has 0 bridgehead atoms. The molecule has 0 aromatic heterocycles. The van der Waals surface area contributed by atoms with Crippen LogP contribution in [0.3, 0.4) is 0 Å². The van der Waals surface area contributed by atoms with Crippen molar-refractivity contribution in [1.82, 2.24) is 0 Å². The molecule has 40 heavy (non-hydrogen) atoms. The maximum atomic E-state index is 12.2. The number of hydrogen-bond donors (Lipinski definition) is 0. The summed E-state index contributed by atoms with van der Waals surface area (Å²) in [7, 11) is -14.8. The molecule has 0 aromatic carbocycles. The summed E-state index contributed by atoms with van der Waals surface area (Å²) in [4.78, 5) is 0. The van der Waals surface area contributed by atoms with E-state index in [-0.39, 0.29) is 17.1 Å². The molecule has 0 amide bonds. The van der Waals surface area contributed by atoms with Crippen molar-refractivity contribution in [3.63, 3.8) is 0 Å². The van der Waals surface area contributed by atoms with Crippen molar-refractivity contribution in [2.75, 3.05) is 11.5 Å². The van der Waals surface area contributed by atoms with Crippen LogP contribution in [0.2, 0.25) is 0 Å². The minimum atomic E-state index is -7.43. The number of thioether (sulfide) groups is 1. The van der Waals surface area contributed by atoms with Crippen molar-refractivity contribution in [2.45, 2.75) is 59.4 Å². The van der Waals surface area contributed by atoms with Crippen molar-refractivity contribution in [2.24, 2.45) is 0 Å². The van der Waals surface area contributed by atoms with E-state index < -0.39 is 66.8 Å². The Morgan fingerprint density at radius 2 is 0.650 bits per heavy atom. The predicted molar refractivity (Wildman–Crippen MR) is 87.7 cm³/mol. The maximum absolute atomic E-state index is 12.2. The molecule has 244 valence electrons. The fourth-order valence-corrected chi connectivity index (χ4v) is 3.45. The van der Waals surface area contributed by atoms with Gasteiger partial charge in [-0.3, -0.25) is 0 Å². The van der Waals surface area contributed by atoms with E-state index in [9.17, 15) is 105 Å². The summed E-state index contributed by atoms with van der Waals surface area (Å²) in [6, 6.07) is 0. The Morgan fingerprint density at radius 3 is 0.750 bits per heavy atom. The number of hydrogen-bond acceptors (Lipinski definition) is 7. The molecule has 6 nitrogen and oxygen atoms in total. The van der Waals surface area contributed by atoms with Gasteiger partial charge in [0.1, 0.15) is 0 Å². The van der Waals surface area contributed by atoms with Gasteiger partial charge in [0.15, 0.2) is 20.2 Å². The molecule has 1 aliphatic heterocycles. The van der Waals surface area contributed by atoms with Gasteiger partial charge in [-0.1, -0.05) is 0 Å². The first kappa shape index (κ1) is 43.9. The maximum Gasteiger partial charge on any atom is 2.00 e. The van der Waals surface area contributed by atoms with Crippen molar-refractivity contribution >= 4 is 32.0 Å². The molecule has 1 fully saturated rings. The van der Waals surface area contributed by atoms with E-state index in [1.165, 1.54) is 24.3 Å². The third kappa shape index (κ3) is 8.50.